The molecule has 0 radical (unpaired) electrons. The van der Waals surface area contributed by atoms with E-state index < -0.39 is 15.7 Å². The predicted octanol–water partition coefficient (Wildman–Crippen LogP) is 4.12. The van der Waals surface area contributed by atoms with Crippen LogP contribution in [0.5, 0.6) is 5.75 Å². The first-order valence-corrected chi connectivity index (χ1v) is 13.3. The minimum absolute atomic E-state index is 0.0330. The molecule has 1 aliphatic rings. The smallest absolute Gasteiger partial charge is 0.324 e. The molecule has 1 aromatic carbocycles. The van der Waals surface area contributed by atoms with Crippen LogP contribution in [0.4, 0.5) is 10.4 Å². The van der Waals surface area contributed by atoms with Crippen molar-refractivity contribution in [3.8, 4) is 11.6 Å². The fourth-order valence-corrected chi connectivity index (χ4v) is 4.80. The maximum absolute atomic E-state index is 14.8. The first-order valence-electron chi connectivity index (χ1n) is 11.4. The van der Waals surface area contributed by atoms with E-state index in [1.807, 2.05) is 13.8 Å². The van der Waals surface area contributed by atoms with Crippen molar-refractivity contribution in [1.29, 1.82) is 0 Å². The average molecular weight is 500 g/mol. The van der Waals surface area contributed by atoms with Crippen LogP contribution in [-0.2, 0) is 9.84 Å². The lowest BCUT2D eigenvalue weighted by Gasteiger charge is -2.30. The summed E-state index contributed by atoms with van der Waals surface area (Å²) in [6.45, 7) is 5.55. The number of sulfone groups is 1. The zero-order valence-electron chi connectivity index (χ0n) is 19.7. The van der Waals surface area contributed by atoms with Crippen LogP contribution in [0.2, 0.25) is 0 Å². The second-order valence-corrected chi connectivity index (χ2v) is 11.1. The normalized spacial score (nSPS) is 15.3. The largest absolute Gasteiger partial charge is 0.489 e. The summed E-state index contributed by atoms with van der Waals surface area (Å²) >= 11 is 0. The monoisotopic (exact) mass is 499 g/mol. The number of hydrogen-bond donors (Lipinski definition) is 0. The van der Waals surface area contributed by atoms with Crippen molar-refractivity contribution in [2.75, 3.05) is 24.2 Å². The zero-order chi connectivity index (χ0) is 24.7. The Morgan fingerprint density at radius 2 is 1.94 bits per heavy atom. The number of halogens is 1. The summed E-state index contributed by atoms with van der Waals surface area (Å²) in [6.07, 6.45) is 5.98. The molecule has 0 bridgehead atoms. The molecular formula is C24H26FN5O4S. The highest BCUT2D eigenvalue weighted by atomic mass is 32.2. The number of pyridine rings is 1. The number of piperidine rings is 1. The van der Waals surface area contributed by atoms with E-state index in [9.17, 15) is 12.8 Å². The summed E-state index contributed by atoms with van der Waals surface area (Å²) in [7, 11) is -3.51. The van der Waals surface area contributed by atoms with Gasteiger partial charge in [0, 0.05) is 49.7 Å². The lowest BCUT2D eigenvalue weighted by atomic mass is 10.1. The molecule has 1 saturated heterocycles. The lowest BCUT2D eigenvalue weighted by molar-refractivity contribution is 0.168. The van der Waals surface area contributed by atoms with Gasteiger partial charge in [0.15, 0.2) is 15.7 Å². The molecule has 0 amide bonds. The summed E-state index contributed by atoms with van der Waals surface area (Å²) in [5.41, 5.74) is 0.271. The van der Waals surface area contributed by atoms with Crippen molar-refractivity contribution in [2.24, 2.45) is 0 Å². The highest BCUT2D eigenvalue weighted by Gasteiger charge is 2.25. The number of fused-ring (bicyclic) bond motifs is 1. The van der Waals surface area contributed by atoms with Gasteiger partial charge in [0.2, 0.25) is 0 Å². The van der Waals surface area contributed by atoms with Gasteiger partial charge in [-0.15, -0.1) is 0 Å². The lowest BCUT2D eigenvalue weighted by Crippen LogP contribution is -2.38. The molecule has 0 spiro atoms. The third kappa shape index (κ3) is 4.72. The maximum atomic E-state index is 14.8. The van der Waals surface area contributed by atoms with Gasteiger partial charge < -0.3 is 14.2 Å². The van der Waals surface area contributed by atoms with Gasteiger partial charge in [0.05, 0.1) is 16.6 Å². The fraction of sp³-hybridized carbons (Fsp3) is 0.375. The Bertz CT molecular complexity index is 1460. The Morgan fingerprint density at radius 1 is 1.17 bits per heavy atom. The van der Waals surface area contributed by atoms with E-state index in [-0.39, 0.29) is 22.4 Å². The van der Waals surface area contributed by atoms with E-state index in [0.29, 0.717) is 28.8 Å². The summed E-state index contributed by atoms with van der Waals surface area (Å²) in [6, 6.07) is 8.27. The minimum atomic E-state index is -3.51. The predicted molar refractivity (Wildman–Crippen MR) is 128 cm³/mol. The van der Waals surface area contributed by atoms with Crippen LogP contribution in [0.25, 0.3) is 16.7 Å². The van der Waals surface area contributed by atoms with Crippen LogP contribution in [0.15, 0.2) is 52.1 Å². The molecule has 9 nitrogen and oxygen atoms in total. The molecule has 5 rings (SSSR count). The highest BCUT2D eigenvalue weighted by molar-refractivity contribution is 7.90. The second-order valence-electron chi connectivity index (χ2n) is 9.05. The van der Waals surface area contributed by atoms with Crippen LogP contribution < -0.4 is 9.64 Å². The summed E-state index contributed by atoms with van der Waals surface area (Å²) in [4.78, 5) is 10.9. The van der Waals surface area contributed by atoms with Crippen molar-refractivity contribution in [1.82, 2.24) is 19.7 Å². The van der Waals surface area contributed by atoms with Crippen molar-refractivity contribution in [3.05, 3.63) is 54.4 Å². The first kappa shape index (κ1) is 23.3. The number of nitrogens with zero attached hydrogens (tertiary/aromatic N) is 5. The van der Waals surface area contributed by atoms with E-state index in [1.165, 1.54) is 6.07 Å². The number of aromatic nitrogens is 4. The quantitative estimate of drug-likeness (QED) is 0.390. The van der Waals surface area contributed by atoms with Crippen molar-refractivity contribution < 1.29 is 22.1 Å². The van der Waals surface area contributed by atoms with Crippen molar-refractivity contribution >= 4 is 26.8 Å². The number of benzene rings is 1. The Kier molecular flexibility index (Phi) is 5.96. The molecule has 4 aromatic rings. The molecule has 1 aliphatic heterocycles. The molecule has 0 N–H and O–H groups in total. The van der Waals surface area contributed by atoms with Crippen LogP contribution in [0, 0.1) is 5.82 Å². The van der Waals surface area contributed by atoms with E-state index in [4.69, 9.17) is 9.26 Å². The molecule has 0 atom stereocenters. The molecule has 184 valence electrons. The molecule has 3 aromatic heterocycles. The van der Waals surface area contributed by atoms with Crippen molar-refractivity contribution in [2.45, 2.75) is 43.6 Å². The van der Waals surface area contributed by atoms with Crippen LogP contribution >= 0.6 is 0 Å². The Morgan fingerprint density at radius 3 is 2.57 bits per heavy atom. The standard InChI is InChI=1S/C24H26FN5O4S/c1-15(2)23-27-24(34-28-23)29-9-7-17(8-10-29)33-18-4-5-21(26-14-18)30-11-6-16-12-19(35(3,31)32)13-20(25)22(16)30/h4-6,11-15,17H,7-10H2,1-3H3. The maximum Gasteiger partial charge on any atom is 0.324 e. The molecule has 0 unspecified atom stereocenters. The molecule has 0 aliphatic carbocycles. The fourth-order valence-electron chi connectivity index (χ4n) is 4.14. The Balaban J connectivity index is 1.26. The van der Waals surface area contributed by atoms with Gasteiger partial charge in [-0.1, -0.05) is 19.0 Å². The third-order valence-corrected chi connectivity index (χ3v) is 7.16. The Hall–Kier alpha value is -3.47. The van der Waals surface area contributed by atoms with E-state index in [0.717, 1.165) is 38.3 Å². The average Bonchev–Trinajstić information content (AvgIpc) is 3.48. The van der Waals surface area contributed by atoms with Gasteiger partial charge >= 0.3 is 6.01 Å². The van der Waals surface area contributed by atoms with Crippen LogP contribution in [0.3, 0.4) is 0 Å². The molecule has 11 heteroatoms. The van der Waals surface area contributed by atoms with Crippen LogP contribution in [-0.4, -0.2) is 53.6 Å². The van der Waals surface area contributed by atoms with E-state index in [1.54, 1.807) is 35.2 Å². The number of hydrogen-bond acceptors (Lipinski definition) is 8. The van der Waals surface area contributed by atoms with E-state index >= 15 is 0 Å². The minimum Gasteiger partial charge on any atom is -0.489 e. The molecule has 1 fully saturated rings. The number of rotatable bonds is 6. The van der Waals surface area contributed by atoms with Gasteiger partial charge in [0.1, 0.15) is 23.5 Å². The zero-order valence-corrected chi connectivity index (χ0v) is 20.5. The topological polar surface area (TPSA) is 103 Å². The summed E-state index contributed by atoms with van der Waals surface area (Å²) in [5.74, 6) is 1.43. The second kappa shape index (κ2) is 8.95. The summed E-state index contributed by atoms with van der Waals surface area (Å²) < 4.78 is 51.5. The third-order valence-electron chi connectivity index (χ3n) is 6.07. The number of ether oxygens (including phenoxy) is 1. The molecule has 4 heterocycles. The van der Waals surface area contributed by atoms with Gasteiger partial charge in [-0.05, 0) is 30.3 Å². The van der Waals surface area contributed by atoms with E-state index in [2.05, 4.69) is 20.0 Å². The van der Waals surface area contributed by atoms with Gasteiger partial charge in [-0.2, -0.15) is 4.98 Å². The first-order chi connectivity index (χ1) is 16.7. The molecule has 0 saturated carbocycles. The van der Waals surface area contributed by atoms with Gasteiger partial charge in [-0.3, -0.25) is 4.57 Å². The highest BCUT2D eigenvalue weighted by Crippen LogP contribution is 2.27. The molecule has 35 heavy (non-hydrogen) atoms. The van der Waals surface area contributed by atoms with Crippen LogP contribution in [0.1, 0.15) is 38.4 Å². The number of anilines is 1. The van der Waals surface area contributed by atoms with Gasteiger partial charge in [-0.25, -0.2) is 17.8 Å². The summed E-state index contributed by atoms with van der Waals surface area (Å²) in [5, 5.41) is 4.51. The Labute approximate surface area is 202 Å². The molecular weight excluding hydrogens is 473 g/mol. The SMILES string of the molecule is CC(C)c1noc(N2CCC(Oc3ccc(-n4ccc5cc(S(C)(=O)=O)cc(F)c54)nc3)CC2)n1. The van der Waals surface area contributed by atoms with Crippen molar-refractivity contribution in [3.63, 3.8) is 0 Å². The van der Waals surface area contributed by atoms with Gasteiger partial charge in [0.25, 0.3) is 0 Å².